The van der Waals surface area contributed by atoms with Crippen molar-refractivity contribution in [3.63, 3.8) is 0 Å². The zero-order chi connectivity index (χ0) is 28.7. The second-order valence-corrected chi connectivity index (χ2v) is 9.99. The number of hydrogen-bond donors (Lipinski definition) is 0. The monoisotopic (exact) mass is 566 g/mol. The molecule has 42 heavy (non-hydrogen) atoms. The number of rotatable bonds is 8. The molecular weight excluding hydrogens is 536 g/mol. The molecule has 2 aliphatic heterocycles. The van der Waals surface area contributed by atoms with Gasteiger partial charge in [-0.15, -0.1) is 0 Å². The predicted molar refractivity (Wildman–Crippen MR) is 151 cm³/mol. The third-order valence-corrected chi connectivity index (χ3v) is 7.12. The number of ether oxygens (including phenoxy) is 6. The van der Waals surface area contributed by atoms with Crippen molar-refractivity contribution in [1.29, 1.82) is 0 Å². The summed E-state index contributed by atoms with van der Waals surface area (Å²) in [7, 11) is 0. The smallest absolute Gasteiger partial charge is 0.338 e. The van der Waals surface area contributed by atoms with Crippen LogP contribution in [0.15, 0.2) is 121 Å². The highest BCUT2D eigenvalue weighted by atomic mass is 16.8. The van der Waals surface area contributed by atoms with Crippen molar-refractivity contribution in [2.24, 2.45) is 0 Å². The molecule has 8 nitrogen and oxygen atoms in total. The van der Waals surface area contributed by atoms with Crippen LogP contribution in [0.5, 0.6) is 0 Å². The predicted octanol–water partition coefficient (Wildman–Crippen LogP) is 5.49. The number of benzene rings is 4. The van der Waals surface area contributed by atoms with Crippen LogP contribution in [0, 0.1) is 0 Å². The maximum Gasteiger partial charge on any atom is 0.338 e. The number of hydrogen-bond acceptors (Lipinski definition) is 8. The fraction of sp³-hybridized carbons (Fsp3) is 0.235. The number of fused-ring (bicyclic) bond motifs is 1. The molecule has 2 saturated heterocycles. The van der Waals surface area contributed by atoms with E-state index >= 15 is 0 Å². The minimum Gasteiger partial charge on any atom is -0.452 e. The topological polar surface area (TPSA) is 89.5 Å². The van der Waals surface area contributed by atoms with Crippen LogP contribution in [0.2, 0.25) is 0 Å². The highest BCUT2D eigenvalue weighted by Crippen LogP contribution is 2.37. The first-order valence-electron chi connectivity index (χ1n) is 13.8. The number of carbonyl (C=O) groups excluding carboxylic acids is 2. The molecule has 0 amide bonds. The van der Waals surface area contributed by atoms with Crippen LogP contribution >= 0.6 is 0 Å². The Bertz CT molecular complexity index is 1450. The van der Waals surface area contributed by atoms with Crippen LogP contribution in [0.3, 0.4) is 0 Å². The Kier molecular flexibility index (Phi) is 8.67. The van der Waals surface area contributed by atoms with Gasteiger partial charge in [0.05, 0.1) is 24.3 Å². The zero-order valence-electron chi connectivity index (χ0n) is 22.7. The van der Waals surface area contributed by atoms with Gasteiger partial charge in [-0.2, -0.15) is 0 Å². The molecule has 0 N–H and O–H groups in total. The molecule has 6 rings (SSSR count). The van der Waals surface area contributed by atoms with Gasteiger partial charge in [0.25, 0.3) is 0 Å². The fourth-order valence-corrected chi connectivity index (χ4v) is 5.00. The Balaban J connectivity index is 1.33. The van der Waals surface area contributed by atoms with Gasteiger partial charge in [-0.25, -0.2) is 9.59 Å². The van der Waals surface area contributed by atoms with E-state index < -0.39 is 48.9 Å². The van der Waals surface area contributed by atoms with Gasteiger partial charge in [-0.05, 0) is 29.8 Å². The van der Waals surface area contributed by atoms with Crippen molar-refractivity contribution in [2.45, 2.75) is 43.6 Å². The molecule has 2 aliphatic rings. The lowest BCUT2D eigenvalue weighted by Crippen LogP contribution is -2.64. The Hall–Kier alpha value is -4.34. The fourth-order valence-electron chi connectivity index (χ4n) is 5.00. The molecule has 1 unspecified atom stereocenters. The third-order valence-electron chi connectivity index (χ3n) is 7.12. The van der Waals surface area contributed by atoms with Gasteiger partial charge in [0.15, 0.2) is 24.8 Å². The molecule has 2 heterocycles. The first-order chi connectivity index (χ1) is 20.7. The molecule has 6 atom stereocenters. The van der Waals surface area contributed by atoms with Crippen molar-refractivity contribution in [1.82, 2.24) is 0 Å². The Morgan fingerprint density at radius 2 is 1.17 bits per heavy atom. The molecule has 2 fully saturated rings. The maximum atomic E-state index is 13.4. The van der Waals surface area contributed by atoms with Crippen LogP contribution in [-0.4, -0.2) is 49.3 Å². The van der Waals surface area contributed by atoms with E-state index in [2.05, 4.69) is 0 Å². The summed E-state index contributed by atoms with van der Waals surface area (Å²) in [4.78, 5) is 26.7. The number of carbonyl (C=O) groups is 2. The van der Waals surface area contributed by atoms with E-state index in [-0.39, 0.29) is 13.2 Å². The Morgan fingerprint density at radius 3 is 1.76 bits per heavy atom. The lowest BCUT2D eigenvalue weighted by molar-refractivity contribution is -0.361. The van der Waals surface area contributed by atoms with Crippen LogP contribution in [0.4, 0.5) is 0 Å². The molecular formula is C34H30O8. The minimum absolute atomic E-state index is 0.147. The van der Waals surface area contributed by atoms with Crippen molar-refractivity contribution in [3.05, 3.63) is 144 Å². The van der Waals surface area contributed by atoms with Crippen molar-refractivity contribution < 1.29 is 38.0 Å². The summed E-state index contributed by atoms with van der Waals surface area (Å²) in [5, 5.41) is 0. The lowest BCUT2D eigenvalue weighted by Gasteiger charge is -2.48. The molecule has 4 aromatic rings. The van der Waals surface area contributed by atoms with E-state index in [0.717, 1.165) is 11.1 Å². The summed E-state index contributed by atoms with van der Waals surface area (Å²) < 4.78 is 37.1. The molecule has 0 bridgehead atoms. The highest BCUT2D eigenvalue weighted by Gasteiger charge is 2.54. The van der Waals surface area contributed by atoms with E-state index in [9.17, 15) is 9.59 Å². The molecule has 0 radical (unpaired) electrons. The van der Waals surface area contributed by atoms with Gasteiger partial charge >= 0.3 is 11.9 Å². The second kappa shape index (κ2) is 13.1. The molecule has 0 aliphatic carbocycles. The molecule has 0 saturated carbocycles. The average molecular weight is 567 g/mol. The first kappa shape index (κ1) is 27.8. The average Bonchev–Trinajstić information content (AvgIpc) is 3.06. The van der Waals surface area contributed by atoms with Crippen molar-refractivity contribution in [2.75, 3.05) is 6.61 Å². The summed E-state index contributed by atoms with van der Waals surface area (Å²) in [5.41, 5.74) is 2.38. The van der Waals surface area contributed by atoms with Crippen LogP contribution in [0.1, 0.15) is 38.1 Å². The first-order valence-corrected chi connectivity index (χ1v) is 13.8. The molecule has 0 spiro atoms. The van der Waals surface area contributed by atoms with Gasteiger partial charge < -0.3 is 28.4 Å². The largest absolute Gasteiger partial charge is 0.452 e. The maximum absolute atomic E-state index is 13.4. The van der Waals surface area contributed by atoms with Crippen molar-refractivity contribution in [3.8, 4) is 0 Å². The lowest BCUT2D eigenvalue weighted by atomic mass is 9.97. The van der Waals surface area contributed by atoms with Gasteiger partial charge in [-0.1, -0.05) is 97.1 Å². The highest BCUT2D eigenvalue weighted by molar-refractivity contribution is 5.90. The number of esters is 2. The zero-order valence-corrected chi connectivity index (χ0v) is 22.7. The summed E-state index contributed by atoms with van der Waals surface area (Å²) in [5.74, 6) is -1.20. The summed E-state index contributed by atoms with van der Waals surface area (Å²) in [6.07, 6.45) is -5.51. The van der Waals surface area contributed by atoms with E-state index in [1.54, 1.807) is 54.6 Å². The van der Waals surface area contributed by atoms with Gasteiger partial charge in [0.1, 0.15) is 12.2 Å². The van der Waals surface area contributed by atoms with E-state index in [4.69, 9.17) is 28.4 Å². The van der Waals surface area contributed by atoms with Gasteiger partial charge in [0, 0.05) is 5.56 Å². The molecule has 8 heteroatoms. The standard InChI is InChI=1S/C34H30O8/c35-31(24-15-7-2-8-16-24)40-29-28-27(22-38-33(42-28)26-19-11-4-12-20-26)39-34(37-21-23-13-5-1-6-14-23)30(29)41-32(36)25-17-9-3-10-18-25/h1-20,27-30,33-34H,21-22H2/t27-,28-,29+,30+,33?,34-/m1/s1. The van der Waals surface area contributed by atoms with E-state index in [0.29, 0.717) is 11.1 Å². The van der Waals surface area contributed by atoms with E-state index in [1.165, 1.54) is 0 Å². The molecule has 4 aromatic carbocycles. The van der Waals surface area contributed by atoms with Gasteiger partial charge in [0.2, 0.25) is 0 Å². The SMILES string of the molecule is O=C(O[C@@H]1[C@H](OC(=O)c2ccccc2)[C@H](OCc2ccccc2)O[C@@H]2COC(c3ccccc3)O[C@@H]12)c1ccccc1. The molecule has 0 aromatic heterocycles. The molecule has 214 valence electrons. The quantitative estimate of drug-likeness (QED) is 0.259. The van der Waals surface area contributed by atoms with Crippen molar-refractivity contribution >= 4 is 11.9 Å². The minimum atomic E-state index is -1.15. The Morgan fingerprint density at radius 1 is 0.643 bits per heavy atom. The third kappa shape index (κ3) is 6.42. The summed E-state index contributed by atoms with van der Waals surface area (Å²) in [6.45, 7) is 0.324. The second-order valence-electron chi connectivity index (χ2n) is 9.99. The van der Waals surface area contributed by atoms with E-state index in [1.807, 2.05) is 66.7 Å². The van der Waals surface area contributed by atoms with Gasteiger partial charge in [-0.3, -0.25) is 0 Å². The van der Waals surface area contributed by atoms with Crippen LogP contribution in [-0.2, 0) is 35.0 Å². The Labute approximate surface area is 243 Å². The van der Waals surface area contributed by atoms with Crippen LogP contribution in [0.25, 0.3) is 0 Å². The van der Waals surface area contributed by atoms with Crippen LogP contribution < -0.4 is 0 Å². The summed E-state index contributed by atoms with van der Waals surface area (Å²) in [6, 6.07) is 36.2. The summed E-state index contributed by atoms with van der Waals surface area (Å²) >= 11 is 0. The normalized spacial score (nSPS) is 25.1.